The van der Waals surface area contributed by atoms with Crippen molar-refractivity contribution in [2.45, 2.75) is 45.2 Å². The average Bonchev–Trinajstić information content (AvgIpc) is 3.32. The summed E-state index contributed by atoms with van der Waals surface area (Å²) in [5.41, 5.74) is 5.08. The minimum atomic E-state index is -0.0883. The van der Waals surface area contributed by atoms with Crippen molar-refractivity contribution in [3.63, 3.8) is 0 Å². The van der Waals surface area contributed by atoms with Gasteiger partial charge in [-0.25, -0.2) is 0 Å². The molecule has 0 bridgehead atoms. The number of hydrogen-bond donors (Lipinski definition) is 1. The summed E-state index contributed by atoms with van der Waals surface area (Å²) >= 11 is 1.36. The van der Waals surface area contributed by atoms with Crippen LogP contribution in [0.15, 0.2) is 78.0 Å². The third kappa shape index (κ3) is 6.15. The van der Waals surface area contributed by atoms with Crippen LogP contribution >= 0.6 is 11.8 Å². The number of benzene rings is 3. The van der Waals surface area contributed by atoms with Crippen LogP contribution in [0.4, 0.5) is 5.69 Å². The van der Waals surface area contributed by atoms with Gasteiger partial charge in [-0.2, -0.15) is 0 Å². The fourth-order valence-corrected chi connectivity index (χ4v) is 4.64. The summed E-state index contributed by atoms with van der Waals surface area (Å²) in [7, 11) is 0. The van der Waals surface area contributed by atoms with Crippen molar-refractivity contribution in [3.8, 4) is 22.8 Å². The molecule has 4 rings (SSSR count). The van der Waals surface area contributed by atoms with Gasteiger partial charge < -0.3 is 10.1 Å². The number of aryl methyl sites for hydroxylation is 1. The Balaban J connectivity index is 1.54. The minimum Gasteiger partial charge on any atom is -0.494 e. The largest absolute Gasteiger partial charge is 0.494 e. The summed E-state index contributed by atoms with van der Waals surface area (Å²) in [5, 5.41) is 12.6. The maximum Gasteiger partial charge on any atom is 0.234 e. The van der Waals surface area contributed by atoms with E-state index in [1.165, 1.54) is 17.3 Å². The lowest BCUT2D eigenvalue weighted by Crippen LogP contribution is -2.14. The first-order chi connectivity index (χ1) is 17.5. The summed E-state index contributed by atoms with van der Waals surface area (Å²) < 4.78 is 7.59. The predicted octanol–water partition coefficient (Wildman–Crippen LogP) is 6.89. The summed E-state index contributed by atoms with van der Waals surface area (Å²) in [6, 6.07) is 24.1. The number of nitrogens with one attached hydrogen (secondary N) is 1. The fourth-order valence-electron chi connectivity index (χ4n) is 3.88. The van der Waals surface area contributed by atoms with E-state index < -0.39 is 0 Å². The number of anilines is 1. The smallest absolute Gasteiger partial charge is 0.234 e. The molecule has 36 heavy (non-hydrogen) atoms. The highest BCUT2D eigenvalue weighted by molar-refractivity contribution is 7.99. The molecule has 1 aromatic heterocycles. The average molecular weight is 501 g/mol. The monoisotopic (exact) mass is 500 g/mol. The van der Waals surface area contributed by atoms with Crippen LogP contribution in [0.25, 0.3) is 17.1 Å². The van der Waals surface area contributed by atoms with Gasteiger partial charge in [0.15, 0.2) is 11.0 Å². The molecular formula is C29H32N4O2S. The topological polar surface area (TPSA) is 69.0 Å². The van der Waals surface area contributed by atoms with E-state index in [1.54, 1.807) is 0 Å². The standard InChI is InChI=1S/C29H32N4O2S/c1-5-21(4)22-10-12-24(13-11-22)30-27(34)19-36-29-32-31-28(23-9-7-8-20(3)18-23)33(29)25-14-16-26(17-15-25)35-6-2/h7-18,21H,5-6,19H2,1-4H3,(H,30,34)/t21-/m0/s1. The maximum atomic E-state index is 12.7. The van der Waals surface area contributed by atoms with E-state index in [4.69, 9.17) is 4.74 Å². The Bertz CT molecular complexity index is 1300. The molecule has 6 nitrogen and oxygen atoms in total. The van der Waals surface area contributed by atoms with Gasteiger partial charge in [0, 0.05) is 16.9 Å². The SMILES string of the molecule is CCOc1ccc(-n2c(SCC(=O)Nc3ccc([C@@H](C)CC)cc3)nnc2-c2cccc(C)c2)cc1. The third-order valence-corrected chi connectivity index (χ3v) is 6.95. The Morgan fingerprint density at radius 1 is 1.03 bits per heavy atom. The van der Waals surface area contributed by atoms with Gasteiger partial charge in [-0.15, -0.1) is 10.2 Å². The van der Waals surface area contributed by atoms with E-state index in [0.717, 1.165) is 40.5 Å². The summed E-state index contributed by atoms with van der Waals surface area (Å²) in [6.07, 6.45) is 1.09. The molecule has 186 valence electrons. The maximum absolute atomic E-state index is 12.7. The molecule has 0 spiro atoms. The molecule has 0 saturated carbocycles. The van der Waals surface area contributed by atoms with Crippen molar-refractivity contribution in [3.05, 3.63) is 83.9 Å². The van der Waals surface area contributed by atoms with Crippen LogP contribution in [0, 0.1) is 6.92 Å². The summed E-state index contributed by atoms with van der Waals surface area (Å²) in [6.45, 7) is 9.00. The molecule has 1 amide bonds. The molecule has 0 aliphatic carbocycles. The predicted molar refractivity (Wildman–Crippen MR) is 147 cm³/mol. The lowest BCUT2D eigenvalue weighted by molar-refractivity contribution is -0.113. The van der Waals surface area contributed by atoms with Gasteiger partial charge in [0.25, 0.3) is 0 Å². The second-order valence-electron chi connectivity index (χ2n) is 8.71. The lowest BCUT2D eigenvalue weighted by Gasteiger charge is -2.12. The van der Waals surface area contributed by atoms with E-state index in [0.29, 0.717) is 17.7 Å². The molecular weight excluding hydrogens is 468 g/mol. The van der Waals surface area contributed by atoms with Crippen molar-refractivity contribution < 1.29 is 9.53 Å². The lowest BCUT2D eigenvalue weighted by atomic mass is 9.99. The van der Waals surface area contributed by atoms with Gasteiger partial charge in [-0.3, -0.25) is 9.36 Å². The minimum absolute atomic E-state index is 0.0883. The molecule has 0 radical (unpaired) electrons. The highest BCUT2D eigenvalue weighted by atomic mass is 32.2. The van der Waals surface area contributed by atoms with Crippen molar-refractivity contribution in [2.75, 3.05) is 17.7 Å². The van der Waals surface area contributed by atoms with Crippen LogP contribution in [0.1, 0.15) is 44.2 Å². The molecule has 1 atom stereocenters. The van der Waals surface area contributed by atoms with Gasteiger partial charge in [-0.1, -0.05) is 61.5 Å². The Labute approximate surface area is 217 Å². The number of hydrogen-bond acceptors (Lipinski definition) is 5. The highest BCUT2D eigenvalue weighted by Gasteiger charge is 2.18. The zero-order chi connectivity index (χ0) is 25.5. The van der Waals surface area contributed by atoms with Crippen LogP contribution in [0.3, 0.4) is 0 Å². The number of thioether (sulfide) groups is 1. The first-order valence-corrected chi connectivity index (χ1v) is 13.2. The fraction of sp³-hybridized carbons (Fsp3) is 0.276. The van der Waals surface area contributed by atoms with Gasteiger partial charge >= 0.3 is 0 Å². The number of rotatable bonds is 10. The number of aromatic nitrogens is 3. The number of amides is 1. The summed E-state index contributed by atoms with van der Waals surface area (Å²) in [5.74, 6) is 2.16. The molecule has 1 N–H and O–H groups in total. The normalized spacial score (nSPS) is 11.8. The first kappa shape index (κ1) is 25.5. The number of carbonyl (C=O) groups excluding carboxylic acids is 1. The number of nitrogens with zero attached hydrogens (tertiary/aromatic N) is 3. The second kappa shape index (κ2) is 11.9. The molecule has 1 heterocycles. The van der Waals surface area contributed by atoms with Gasteiger partial charge in [0.05, 0.1) is 12.4 Å². The van der Waals surface area contributed by atoms with E-state index in [2.05, 4.69) is 60.6 Å². The highest BCUT2D eigenvalue weighted by Crippen LogP contribution is 2.29. The summed E-state index contributed by atoms with van der Waals surface area (Å²) in [4.78, 5) is 12.7. The molecule has 0 unspecified atom stereocenters. The molecule has 0 aliphatic rings. The van der Waals surface area contributed by atoms with Crippen LogP contribution in [-0.4, -0.2) is 33.0 Å². The Morgan fingerprint density at radius 2 is 1.78 bits per heavy atom. The third-order valence-electron chi connectivity index (χ3n) is 6.02. The quantitative estimate of drug-likeness (QED) is 0.240. The molecule has 0 fully saturated rings. The van der Waals surface area contributed by atoms with Crippen LogP contribution in [0.5, 0.6) is 5.75 Å². The molecule has 0 aliphatic heterocycles. The van der Waals surface area contributed by atoms with Gasteiger partial charge in [-0.05, 0) is 74.2 Å². The molecule has 3 aromatic carbocycles. The van der Waals surface area contributed by atoms with Crippen LogP contribution < -0.4 is 10.1 Å². The molecule has 7 heteroatoms. The number of carbonyl (C=O) groups is 1. The molecule has 0 saturated heterocycles. The van der Waals surface area contributed by atoms with Crippen molar-refractivity contribution in [1.82, 2.24) is 14.8 Å². The van der Waals surface area contributed by atoms with Crippen LogP contribution in [0.2, 0.25) is 0 Å². The van der Waals surface area contributed by atoms with E-state index in [-0.39, 0.29) is 11.7 Å². The van der Waals surface area contributed by atoms with Gasteiger partial charge in [0.2, 0.25) is 5.91 Å². The zero-order valence-corrected chi connectivity index (χ0v) is 22.0. The van der Waals surface area contributed by atoms with Gasteiger partial charge in [0.1, 0.15) is 5.75 Å². The second-order valence-corrected chi connectivity index (χ2v) is 9.65. The van der Waals surface area contributed by atoms with Crippen molar-refractivity contribution in [1.29, 1.82) is 0 Å². The van der Waals surface area contributed by atoms with E-state index >= 15 is 0 Å². The van der Waals surface area contributed by atoms with E-state index in [9.17, 15) is 4.79 Å². The Morgan fingerprint density at radius 3 is 2.44 bits per heavy atom. The zero-order valence-electron chi connectivity index (χ0n) is 21.2. The number of ether oxygens (including phenoxy) is 1. The van der Waals surface area contributed by atoms with Crippen molar-refractivity contribution in [2.24, 2.45) is 0 Å². The molecule has 4 aromatic rings. The van der Waals surface area contributed by atoms with Crippen LogP contribution in [-0.2, 0) is 4.79 Å². The van der Waals surface area contributed by atoms with Crippen molar-refractivity contribution >= 4 is 23.4 Å². The van der Waals surface area contributed by atoms with E-state index in [1.807, 2.05) is 60.0 Å². The first-order valence-electron chi connectivity index (χ1n) is 12.3. The Kier molecular flexibility index (Phi) is 8.44. The Hall–Kier alpha value is -3.58.